The van der Waals surface area contributed by atoms with Gasteiger partial charge in [-0.25, -0.2) is 4.79 Å². The minimum absolute atomic E-state index is 0.0798. The van der Waals surface area contributed by atoms with Gasteiger partial charge in [0.05, 0.1) is 0 Å². The number of hydrogen-bond donors (Lipinski definition) is 1. The van der Waals surface area contributed by atoms with E-state index < -0.39 is 12.1 Å². The summed E-state index contributed by atoms with van der Waals surface area (Å²) in [6, 6.07) is 0.160. The van der Waals surface area contributed by atoms with Crippen LogP contribution in [0.4, 0.5) is 0 Å². The van der Waals surface area contributed by atoms with E-state index in [1.165, 1.54) is 6.92 Å². The van der Waals surface area contributed by atoms with Crippen molar-refractivity contribution in [3.63, 3.8) is 0 Å². The molecule has 0 aliphatic carbocycles. The second-order valence-corrected chi connectivity index (χ2v) is 4.28. The topological polar surface area (TPSA) is 66.8 Å². The highest BCUT2D eigenvalue weighted by Crippen LogP contribution is 2.06. The van der Waals surface area contributed by atoms with E-state index in [0.29, 0.717) is 0 Å². The van der Waals surface area contributed by atoms with E-state index in [2.05, 4.69) is 0 Å². The van der Waals surface area contributed by atoms with Gasteiger partial charge in [0, 0.05) is 12.1 Å². The molecule has 0 aromatic carbocycles. The zero-order valence-corrected chi connectivity index (χ0v) is 10.6. The lowest BCUT2D eigenvalue weighted by Gasteiger charge is -2.30. The normalized spacial score (nSPS) is 12.9. The van der Waals surface area contributed by atoms with Crippen LogP contribution < -0.4 is 0 Å². The number of aliphatic carboxylic acids is 1. The van der Waals surface area contributed by atoms with Gasteiger partial charge >= 0.3 is 5.97 Å². The fourth-order valence-electron chi connectivity index (χ4n) is 1.51. The van der Waals surface area contributed by atoms with Gasteiger partial charge < -0.3 is 14.7 Å². The number of ether oxygens (including phenoxy) is 1. The molecule has 0 spiro atoms. The summed E-state index contributed by atoms with van der Waals surface area (Å²) in [5.74, 6) is -1.24. The Morgan fingerprint density at radius 3 is 1.88 bits per heavy atom. The average molecular weight is 231 g/mol. The fraction of sp³-hybridized carbons (Fsp3) is 0.818. The van der Waals surface area contributed by atoms with Crippen LogP contribution in [0.15, 0.2) is 0 Å². The van der Waals surface area contributed by atoms with Crippen LogP contribution in [0, 0.1) is 0 Å². The molecule has 0 aliphatic rings. The Morgan fingerprint density at radius 1 is 1.12 bits per heavy atom. The van der Waals surface area contributed by atoms with E-state index in [-0.39, 0.29) is 24.6 Å². The lowest BCUT2D eigenvalue weighted by molar-refractivity contribution is -0.153. The Hall–Kier alpha value is -1.10. The van der Waals surface area contributed by atoms with Crippen LogP contribution in [0.3, 0.4) is 0 Å². The van der Waals surface area contributed by atoms with E-state index in [9.17, 15) is 9.59 Å². The summed E-state index contributed by atoms with van der Waals surface area (Å²) in [6.07, 6.45) is -0.954. The van der Waals surface area contributed by atoms with Gasteiger partial charge in [-0.2, -0.15) is 0 Å². The third-order valence-electron chi connectivity index (χ3n) is 2.21. The maximum atomic E-state index is 11.8. The lowest BCUT2D eigenvalue weighted by atomic mass is 10.2. The minimum atomic E-state index is -1.06. The van der Waals surface area contributed by atoms with Crippen LogP contribution in [0.25, 0.3) is 0 Å². The van der Waals surface area contributed by atoms with Crippen molar-refractivity contribution in [2.24, 2.45) is 0 Å². The maximum absolute atomic E-state index is 11.8. The first-order chi connectivity index (χ1) is 7.27. The van der Waals surface area contributed by atoms with Crippen LogP contribution in [0.2, 0.25) is 0 Å². The summed E-state index contributed by atoms with van der Waals surface area (Å²) >= 11 is 0. The molecule has 0 rings (SSSR count). The molecule has 0 saturated heterocycles. The monoisotopic (exact) mass is 231 g/mol. The average Bonchev–Trinajstić information content (AvgIpc) is 2.12. The molecule has 0 unspecified atom stereocenters. The third-order valence-corrected chi connectivity index (χ3v) is 2.21. The molecule has 1 amide bonds. The first-order valence-electron chi connectivity index (χ1n) is 5.43. The number of carboxylic acid groups (broad SMARTS) is 1. The molecule has 0 aromatic rings. The van der Waals surface area contributed by atoms with E-state index >= 15 is 0 Å². The Morgan fingerprint density at radius 2 is 1.56 bits per heavy atom. The molecule has 1 atom stereocenters. The van der Waals surface area contributed by atoms with Crippen LogP contribution >= 0.6 is 0 Å². The molecular weight excluding hydrogens is 210 g/mol. The molecule has 5 heteroatoms. The number of hydrogen-bond acceptors (Lipinski definition) is 3. The van der Waals surface area contributed by atoms with Gasteiger partial charge in [-0.05, 0) is 34.6 Å². The van der Waals surface area contributed by atoms with Crippen LogP contribution in [-0.4, -0.2) is 46.7 Å². The van der Waals surface area contributed by atoms with Crippen molar-refractivity contribution >= 4 is 11.9 Å². The molecule has 16 heavy (non-hydrogen) atoms. The minimum Gasteiger partial charge on any atom is -0.479 e. The highest BCUT2D eigenvalue weighted by atomic mass is 16.5. The summed E-state index contributed by atoms with van der Waals surface area (Å²) in [7, 11) is 0. The summed E-state index contributed by atoms with van der Waals surface area (Å²) < 4.78 is 4.96. The van der Waals surface area contributed by atoms with Gasteiger partial charge in [0.2, 0.25) is 5.91 Å². The molecule has 0 radical (unpaired) electrons. The van der Waals surface area contributed by atoms with E-state index in [4.69, 9.17) is 9.84 Å². The summed E-state index contributed by atoms with van der Waals surface area (Å²) in [4.78, 5) is 23.9. The SMILES string of the molecule is CC(C)N(C(=O)CO[C@H](C)C(=O)O)C(C)C. The molecule has 0 heterocycles. The zero-order valence-electron chi connectivity index (χ0n) is 10.6. The highest BCUT2D eigenvalue weighted by Gasteiger charge is 2.21. The van der Waals surface area contributed by atoms with Gasteiger partial charge in [-0.1, -0.05) is 0 Å². The van der Waals surface area contributed by atoms with Gasteiger partial charge in [-0.3, -0.25) is 4.79 Å². The maximum Gasteiger partial charge on any atom is 0.332 e. The molecule has 94 valence electrons. The molecule has 0 fully saturated rings. The number of carboxylic acids is 1. The summed E-state index contributed by atoms with van der Waals surface area (Å²) in [5, 5.41) is 8.60. The highest BCUT2D eigenvalue weighted by molar-refractivity contribution is 5.79. The standard InChI is InChI=1S/C11H21NO4/c1-7(2)12(8(3)4)10(13)6-16-9(5)11(14)15/h7-9H,6H2,1-5H3,(H,14,15)/t9-/m1/s1. The molecule has 0 aliphatic heterocycles. The van der Waals surface area contributed by atoms with Crippen molar-refractivity contribution in [1.82, 2.24) is 4.90 Å². The third kappa shape index (κ3) is 4.61. The molecule has 5 nitrogen and oxygen atoms in total. The van der Waals surface area contributed by atoms with Crippen molar-refractivity contribution in [2.75, 3.05) is 6.61 Å². The molecular formula is C11H21NO4. The van der Waals surface area contributed by atoms with Crippen molar-refractivity contribution in [1.29, 1.82) is 0 Å². The first kappa shape index (κ1) is 14.9. The van der Waals surface area contributed by atoms with Gasteiger partial charge in [0.25, 0.3) is 0 Å². The summed E-state index contributed by atoms with van der Waals surface area (Å²) in [5.41, 5.74) is 0. The van der Waals surface area contributed by atoms with Crippen LogP contribution in [-0.2, 0) is 14.3 Å². The Kier molecular flexibility index (Phi) is 6.03. The van der Waals surface area contributed by atoms with E-state index in [1.54, 1.807) is 4.90 Å². The molecule has 0 aromatic heterocycles. The van der Waals surface area contributed by atoms with Crippen LogP contribution in [0.1, 0.15) is 34.6 Å². The molecule has 0 bridgehead atoms. The summed E-state index contributed by atoms with van der Waals surface area (Å²) in [6.45, 7) is 8.88. The largest absolute Gasteiger partial charge is 0.479 e. The number of carbonyl (C=O) groups excluding carboxylic acids is 1. The Bertz CT molecular complexity index is 242. The van der Waals surface area contributed by atoms with E-state index in [1.807, 2.05) is 27.7 Å². The molecule has 1 N–H and O–H groups in total. The second-order valence-electron chi connectivity index (χ2n) is 4.28. The van der Waals surface area contributed by atoms with Crippen molar-refractivity contribution in [3.05, 3.63) is 0 Å². The van der Waals surface area contributed by atoms with Crippen molar-refractivity contribution in [2.45, 2.75) is 52.8 Å². The fourth-order valence-corrected chi connectivity index (χ4v) is 1.51. The quantitative estimate of drug-likeness (QED) is 0.744. The lowest BCUT2D eigenvalue weighted by Crippen LogP contribution is -2.44. The van der Waals surface area contributed by atoms with Gasteiger partial charge in [0.1, 0.15) is 6.61 Å². The first-order valence-corrected chi connectivity index (χ1v) is 5.43. The Balaban J connectivity index is 4.27. The van der Waals surface area contributed by atoms with Crippen LogP contribution in [0.5, 0.6) is 0 Å². The number of rotatable bonds is 6. The van der Waals surface area contributed by atoms with Crippen molar-refractivity contribution in [3.8, 4) is 0 Å². The number of nitrogens with zero attached hydrogens (tertiary/aromatic N) is 1. The Labute approximate surface area is 96.4 Å². The second kappa shape index (κ2) is 6.48. The smallest absolute Gasteiger partial charge is 0.332 e. The van der Waals surface area contributed by atoms with E-state index in [0.717, 1.165) is 0 Å². The zero-order chi connectivity index (χ0) is 12.9. The number of carbonyl (C=O) groups is 2. The van der Waals surface area contributed by atoms with Crippen molar-refractivity contribution < 1.29 is 19.4 Å². The molecule has 0 saturated carbocycles. The number of amides is 1. The predicted octanol–water partition coefficient (Wildman–Crippen LogP) is 1.12. The van der Waals surface area contributed by atoms with Gasteiger partial charge in [0.15, 0.2) is 6.10 Å². The van der Waals surface area contributed by atoms with Gasteiger partial charge in [-0.15, -0.1) is 0 Å². The predicted molar refractivity (Wildman–Crippen MR) is 60.2 cm³/mol.